The smallest absolute Gasteiger partial charge is 0.407 e. The highest BCUT2D eigenvalue weighted by Gasteiger charge is 2.55. The second-order valence-electron chi connectivity index (χ2n) is 15.3. The first-order chi connectivity index (χ1) is 20.8. The molecule has 13 heteroatoms. The molecule has 1 aliphatic rings. The molecule has 1 saturated heterocycles. The molecule has 0 spiro atoms. The van der Waals surface area contributed by atoms with Gasteiger partial charge >= 0.3 is 18.0 Å². The van der Waals surface area contributed by atoms with Gasteiger partial charge in [0.25, 0.3) is 0 Å². The average molecular weight is 690 g/mol. The monoisotopic (exact) mass is 689 g/mol. The van der Waals surface area contributed by atoms with Crippen molar-refractivity contribution < 1.29 is 46.9 Å². The number of rotatable bonds is 16. The Morgan fingerprint density at radius 2 is 1.57 bits per heavy atom. The fourth-order valence-electron chi connectivity index (χ4n) is 5.28. The minimum absolute atomic E-state index is 0.106. The number of methoxy groups -OCH3 is 1. The second-order valence-corrected chi connectivity index (χ2v) is 24.5. The zero-order valence-corrected chi connectivity index (χ0v) is 33.4. The van der Waals surface area contributed by atoms with E-state index in [1.165, 1.54) is 13.2 Å². The fraction of sp³-hybridized carbons (Fsp3) is 0.848. The van der Waals surface area contributed by atoms with Gasteiger partial charge < -0.3 is 37.9 Å². The van der Waals surface area contributed by atoms with Crippen molar-refractivity contribution >= 4 is 34.7 Å². The lowest BCUT2D eigenvalue weighted by atomic mass is 9.70. The summed E-state index contributed by atoms with van der Waals surface area (Å²) in [7, 11) is -3.47. The third kappa shape index (κ3) is 11.7. The van der Waals surface area contributed by atoms with Gasteiger partial charge in [-0.3, -0.25) is 4.79 Å². The van der Waals surface area contributed by atoms with Crippen LogP contribution in [-0.4, -0.2) is 91.7 Å². The van der Waals surface area contributed by atoms with Crippen LogP contribution in [0.1, 0.15) is 75.7 Å². The first-order valence-electron chi connectivity index (χ1n) is 16.4. The largest absolute Gasteiger partial charge is 0.468 e. The number of carbonyl (C=O) groups excluding carboxylic acids is 3. The highest BCUT2D eigenvalue weighted by atomic mass is 28.4. The normalized spacial score (nSPS) is 21.4. The van der Waals surface area contributed by atoms with Crippen LogP contribution in [0.2, 0.25) is 37.8 Å². The summed E-state index contributed by atoms with van der Waals surface area (Å²) in [4.78, 5) is 39.9. The Morgan fingerprint density at radius 3 is 2.00 bits per heavy atom. The minimum atomic E-state index is -2.40. The van der Waals surface area contributed by atoms with Gasteiger partial charge in [-0.2, -0.15) is 0 Å². The van der Waals surface area contributed by atoms with Crippen molar-refractivity contribution in [3.05, 3.63) is 11.6 Å². The van der Waals surface area contributed by atoms with E-state index in [1.807, 2.05) is 40.4 Å². The Bertz CT molecular complexity index is 1070. The lowest BCUT2D eigenvalue weighted by Crippen LogP contribution is -2.62. The van der Waals surface area contributed by atoms with Crippen molar-refractivity contribution in [2.45, 2.75) is 144 Å². The molecule has 0 aromatic heterocycles. The molecule has 0 saturated carbocycles. The zero-order chi connectivity index (χ0) is 35.9. The van der Waals surface area contributed by atoms with Gasteiger partial charge in [0.05, 0.1) is 51.3 Å². The van der Waals surface area contributed by atoms with Gasteiger partial charge in [-0.25, -0.2) is 9.59 Å². The molecule has 0 aliphatic carbocycles. The van der Waals surface area contributed by atoms with Gasteiger partial charge in [-0.05, 0) is 79.3 Å². The number of nitrogens with one attached hydrogen (secondary N) is 1. The second kappa shape index (κ2) is 16.6. The van der Waals surface area contributed by atoms with Crippen molar-refractivity contribution in [3.8, 4) is 0 Å². The van der Waals surface area contributed by atoms with Crippen LogP contribution in [0.25, 0.3) is 0 Å². The molecule has 1 amide bonds. The molecule has 0 aromatic rings. The molecule has 46 heavy (non-hydrogen) atoms. The van der Waals surface area contributed by atoms with E-state index in [-0.39, 0.29) is 29.9 Å². The summed E-state index contributed by atoms with van der Waals surface area (Å²) < 4.78 is 42.2. The zero-order valence-electron chi connectivity index (χ0n) is 31.4. The Kier molecular flexibility index (Phi) is 15.2. The molecule has 6 atom stereocenters. The third-order valence-corrected chi connectivity index (χ3v) is 14.2. The van der Waals surface area contributed by atoms with E-state index in [1.54, 1.807) is 27.7 Å². The molecule has 1 rings (SSSR count). The fourth-order valence-corrected chi connectivity index (χ4v) is 7.93. The van der Waals surface area contributed by atoms with Crippen LogP contribution in [0.3, 0.4) is 0 Å². The van der Waals surface area contributed by atoms with Gasteiger partial charge in [-0.15, -0.1) is 0 Å². The lowest BCUT2D eigenvalue weighted by Gasteiger charge is -2.49. The summed E-state index contributed by atoms with van der Waals surface area (Å²) in [6.45, 7) is 30.2. The number of hydrogen-bond donors (Lipinski definition) is 1. The summed E-state index contributed by atoms with van der Waals surface area (Å²) in [6, 6.07) is -1.08. The molecular weight excluding hydrogens is 627 g/mol. The van der Waals surface area contributed by atoms with Crippen molar-refractivity contribution in [1.29, 1.82) is 0 Å². The quantitative estimate of drug-likeness (QED) is 0.0822. The summed E-state index contributed by atoms with van der Waals surface area (Å²) in [5.41, 5.74) is -1.33. The summed E-state index contributed by atoms with van der Waals surface area (Å²) in [6.07, 6.45) is -0.236. The molecule has 1 aliphatic heterocycles. The van der Waals surface area contributed by atoms with Crippen LogP contribution in [-0.2, 0) is 42.1 Å². The molecular formula is C33H63NO10Si2. The molecule has 11 nitrogen and oxygen atoms in total. The Labute approximate surface area is 280 Å². The first-order valence-corrected chi connectivity index (χ1v) is 22.7. The van der Waals surface area contributed by atoms with Gasteiger partial charge in [0, 0.05) is 17.9 Å². The molecule has 0 unspecified atom stereocenters. The van der Waals surface area contributed by atoms with Crippen molar-refractivity contribution in [1.82, 2.24) is 5.32 Å². The topological polar surface area (TPSA) is 128 Å². The maximum atomic E-state index is 14.1. The standard InChI is InChI=1S/C33H63NO10Si2/c1-17-39-28(35)22(3)19-26(34-30(37)40-18-2)33(10,29(36)38-11)27(44-45(12,13)14)23(4)25(43-46(15,16)31(5,6)7)20-24-21-41-32(8,9)42-24/h19,23-27H,17-18,20-21H2,1-16H3,(H,34,37)/b22-19+/t23-,24+,25-,26-,27+,33+/m1/s1. The van der Waals surface area contributed by atoms with Crippen LogP contribution in [0.4, 0.5) is 4.79 Å². The maximum absolute atomic E-state index is 14.1. The number of alkyl carbamates (subject to hydrolysis) is 1. The van der Waals surface area contributed by atoms with Crippen molar-refractivity contribution in [3.63, 3.8) is 0 Å². The van der Waals surface area contributed by atoms with Crippen molar-refractivity contribution in [2.75, 3.05) is 26.9 Å². The van der Waals surface area contributed by atoms with E-state index < -0.39 is 70.0 Å². The Morgan fingerprint density at radius 1 is 1.00 bits per heavy atom. The first kappa shape index (κ1) is 42.2. The number of ether oxygens (including phenoxy) is 5. The molecule has 1 N–H and O–H groups in total. The van der Waals surface area contributed by atoms with Crippen LogP contribution >= 0.6 is 0 Å². The van der Waals surface area contributed by atoms with Crippen LogP contribution < -0.4 is 5.32 Å². The molecule has 268 valence electrons. The Balaban J connectivity index is 3.99. The Hall–Kier alpha value is -1.78. The van der Waals surface area contributed by atoms with E-state index >= 15 is 0 Å². The highest BCUT2D eigenvalue weighted by molar-refractivity contribution is 6.74. The van der Waals surface area contributed by atoms with Gasteiger partial charge in [0.15, 0.2) is 22.4 Å². The van der Waals surface area contributed by atoms with E-state index in [4.69, 9.17) is 32.5 Å². The third-order valence-electron chi connectivity index (χ3n) is 8.78. The number of esters is 2. The highest BCUT2D eigenvalue weighted by Crippen LogP contribution is 2.44. The van der Waals surface area contributed by atoms with Crippen LogP contribution in [0.15, 0.2) is 11.6 Å². The predicted molar refractivity (Wildman–Crippen MR) is 183 cm³/mol. The number of carbonyl (C=O) groups is 3. The minimum Gasteiger partial charge on any atom is -0.468 e. The maximum Gasteiger partial charge on any atom is 0.407 e. The summed E-state index contributed by atoms with van der Waals surface area (Å²) >= 11 is 0. The van der Waals surface area contributed by atoms with E-state index in [9.17, 15) is 14.4 Å². The molecule has 0 radical (unpaired) electrons. The van der Waals surface area contributed by atoms with Gasteiger partial charge in [0.2, 0.25) is 0 Å². The lowest BCUT2D eigenvalue weighted by molar-refractivity contribution is -0.165. The van der Waals surface area contributed by atoms with E-state index in [0.717, 1.165) is 0 Å². The van der Waals surface area contributed by atoms with Crippen LogP contribution in [0, 0.1) is 11.3 Å². The van der Waals surface area contributed by atoms with Gasteiger partial charge in [0.1, 0.15) is 5.41 Å². The molecule has 0 aromatic carbocycles. The van der Waals surface area contributed by atoms with E-state index in [0.29, 0.717) is 13.0 Å². The van der Waals surface area contributed by atoms with E-state index in [2.05, 4.69) is 39.2 Å². The van der Waals surface area contributed by atoms with Gasteiger partial charge in [-0.1, -0.05) is 33.8 Å². The molecule has 0 bridgehead atoms. The molecule has 1 fully saturated rings. The summed E-state index contributed by atoms with van der Waals surface area (Å²) in [5.74, 6) is -2.33. The number of amides is 1. The van der Waals surface area contributed by atoms with Crippen molar-refractivity contribution in [2.24, 2.45) is 11.3 Å². The summed E-state index contributed by atoms with van der Waals surface area (Å²) in [5, 5.41) is 2.72. The SMILES string of the molecule is CCOC(=O)N[C@H](/C=C(\C)C(=O)OCC)[C@](C)(C(=O)OC)[C@@H](O[Si](C)(C)C)[C@H](C)[C@@H](C[C@H]1COC(C)(C)O1)O[Si](C)(C)C(C)(C)C. The van der Waals surface area contributed by atoms with Crippen LogP contribution in [0.5, 0.6) is 0 Å². The number of hydrogen-bond acceptors (Lipinski definition) is 10. The molecule has 1 heterocycles. The average Bonchev–Trinajstić information content (AvgIpc) is 3.26. The predicted octanol–water partition coefficient (Wildman–Crippen LogP) is 6.58.